The Morgan fingerprint density at radius 2 is 0.745 bits per heavy atom. The van der Waals surface area contributed by atoms with Gasteiger partial charge in [-0.2, -0.15) is 0 Å². The Morgan fingerprint density at radius 3 is 0.979 bits per heavy atom. The van der Waals surface area contributed by atoms with E-state index in [2.05, 4.69) is 159 Å². The van der Waals surface area contributed by atoms with Crippen molar-refractivity contribution in [1.29, 1.82) is 0 Å². The van der Waals surface area contributed by atoms with Crippen LogP contribution in [0.5, 0.6) is 0 Å². The Bertz CT molecular complexity index is 1200. The van der Waals surface area contributed by atoms with Gasteiger partial charge in [-0.05, 0) is 114 Å². The predicted octanol–water partition coefficient (Wildman–Crippen LogP) is 9.08. The molecule has 2 aliphatic carbocycles. The first kappa shape index (κ1) is 38.7. The average molecular weight is 795 g/mol. The number of rotatable bonds is 10. The second-order valence-corrected chi connectivity index (χ2v) is 20.6. The third-order valence-electron chi connectivity index (χ3n) is 9.41. The summed E-state index contributed by atoms with van der Waals surface area (Å²) in [7, 11) is 17.4. The molecule has 0 unspecified atom stereocenters. The summed E-state index contributed by atoms with van der Waals surface area (Å²) in [5, 5.41) is 6.27. The van der Waals surface area contributed by atoms with E-state index in [0.29, 0.717) is 0 Å². The molecule has 254 valence electrons. The van der Waals surface area contributed by atoms with E-state index in [0.717, 1.165) is 36.2 Å². The molecule has 6 rings (SSSR count). The average Bonchev–Trinajstić information content (AvgIpc) is 3.77. The third kappa shape index (κ3) is 11.7. The summed E-state index contributed by atoms with van der Waals surface area (Å²) in [6.07, 6.45) is 8.39. The molecule has 0 radical (unpaired) electrons. The van der Waals surface area contributed by atoms with E-state index >= 15 is 0 Å². The number of hydrogen-bond acceptors (Lipinski definition) is 2. The zero-order valence-corrected chi connectivity index (χ0v) is 33.5. The van der Waals surface area contributed by atoms with Crippen LogP contribution in [-0.2, 0) is 15.1 Å². The van der Waals surface area contributed by atoms with E-state index in [-0.39, 0.29) is 31.0 Å². The fourth-order valence-corrected chi connectivity index (χ4v) is 13.9. The first-order chi connectivity index (χ1) is 22.9. The van der Waals surface area contributed by atoms with E-state index in [1.807, 2.05) is 0 Å². The minimum absolute atomic E-state index is 0.346. The maximum atomic E-state index is 4.85. The second-order valence-electron chi connectivity index (χ2n) is 13.1. The third-order valence-corrected chi connectivity index (χ3v) is 15.4. The molecule has 2 saturated carbocycles. The second kappa shape index (κ2) is 21.2. The monoisotopic (exact) mass is 794 g/mol. The summed E-state index contributed by atoms with van der Waals surface area (Å²) in [6, 6.07) is 45.9. The van der Waals surface area contributed by atoms with Gasteiger partial charge in [0.1, 0.15) is 0 Å². The van der Waals surface area contributed by atoms with Crippen molar-refractivity contribution < 1.29 is 15.1 Å². The van der Waals surface area contributed by atoms with Gasteiger partial charge in [0.2, 0.25) is 0 Å². The van der Waals surface area contributed by atoms with Crippen LogP contribution in [-0.4, -0.2) is 62.4 Å². The summed E-state index contributed by atoms with van der Waals surface area (Å²) in [6.45, 7) is 2.29. The maximum Gasteiger partial charge on any atom is -0.00976 e. The fourth-order valence-electron chi connectivity index (χ4n) is 7.40. The van der Waals surface area contributed by atoms with Gasteiger partial charge < -0.3 is 9.80 Å². The number of likely N-dealkylation sites (N-methyl/N-ethyl adjacent to an activating group) is 2. The van der Waals surface area contributed by atoms with Crippen molar-refractivity contribution in [2.24, 2.45) is 11.8 Å². The van der Waals surface area contributed by atoms with Gasteiger partial charge in [0.15, 0.2) is 0 Å². The van der Waals surface area contributed by atoms with Gasteiger partial charge in [-0.1, -0.05) is 134 Å². The molecule has 0 heterocycles. The van der Waals surface area contributed by atoms with Gasteiger partial charge in [0, 0.05) is 13.1 Å². The van der Waals surface area contributed by atoms with E-state index < -0.39 is 0 Å². The van der Waals surface area contributed by atoms with E-state index in [9.17, 15) is 0 Å². The SMILES string of the molecule is CN(C)CCN(C)C.[Cl][Ru][Cl].c1ccc(P(c2ccccc2)[C@@H]2CCC[C@@H]2[C@H]2CCC[C@H]2P(c2ccccc2)c2ccccc2)cc1. The molecule has 0 saturated heterocycles. The molecule has 0 N–H and O–H groups in total. The predicted molar refractivity (Wildman–Crippen MR) is 209 cm³/mol. The Hall–Kier alpha value is -1.14. The van der Waals surface area contributed by atoms with Gasteiger partial charge in [0.25, 0.3) is 0 Å². The zero-order chi connectivity index (χ0) is 33.4. The van der Waals surface area contributed by atoms with Crippen LogP contribution in [0.4, 0.5) is 0 Å². The molecule has 4 aromatic rings. The Kier molecular flexibility index (Phi) is 17.4. The molecule has 0 amide bonds. The van der Waals surface area contributed by atoms with Gasteiger partial charge in [-0.25, -0.2) is 0 Å². The van der Waals surface area contributed by atoms with Gasteiger partial charge >= 0.3 is 34.5 Å². The largest absolute Gasteiger partial charge is 0.0622 e. The van der Waals surface area contributed by atoms with Crippen molar-refractivity contribution in [1.82, 2.24) is 9.80 Å². The van der Waals surface area contributed by atoms with Crippen LogP contribution >= 0.6 is 35.2 Å². The molecule has 0 aromatic heterocycles. The fraction of sp³-hybridized carbons (Fsp3) is 0.400. The molecule has 4 aromatic carbocycles. The minimum Gasteiger partial charge on any atom is -0.0622 e. The van der Waals surface area contributed by atoms with Crippen LogP contribution < -0.4 is 21.2 Å². The molecule has 47 heavy (non-hydrogen) atoms. The van der Waals surface area contributed by atoms with Crippen LogP contribution in [0, 0.1) is 11.8 Å². The van der Waals surface area contributed by atoms with Gasteiger partial charge in [-0.15, -0.1) is 0 Å². The maximum absolute atomic E-state index is 4.85. The molecule has 0 spiro atoms. The summed E-state index contributed by atoms with van der Waals surface area (Å²) in [4.78, 5) is 4.36. The van der Waals surface area contributed by atoms with Crippen LogP contribution in [0.25, 0.3) is 0 Å². The molecular formula is C40H52Cl2N2P2Ru. The van der Waals surface area contributed by atoms with Crippen LogP contribution in [0.15, 0.2) is 121 Å². The van der Waals surface area contributed by atoms with E-state index in [1.54, 1.807) is 21.2 Å². The first-order valence-electron chi connectivity index (χ1n) is 16.9. The van der Waals surface area contributed by atoms with Crippen LogP contribution in [0.2, 0.25) is 0 Å². The number of halogens is 2. The van der Waals surface area contributed by atoms with Crippen molar-refractivity contribution in [3.05, 3.63) is 121 Å². The molecular weight excluding hydrogens is 742 g/mol. The molecule has 2 aliphatic rings. The minimum atomic E-state index is -0.347. The number of hydrogen-bond donors (Lipinski definition) is 0. The van der Waals surface area contributed by atoms with Gasteiger partial charge in [-0.3, -0.25) is 0 Å². The first-order valence-corrected chi connectivity index (χ1v) is 24.2. The van der Waals surface area contributed by atoms with Crippen LogP contribution in [0.3, 0.4) is 0 Å². The zero-order valence-electron chi connectivity index (χ0n) is 28.4. The van der Waals surface area contributed by atoms with Crippen molar-refractivity contribution in [2.75, 3.05) is 41.3 Å². The number of nitrogens with zero attached hydrogens (tertiary/aromatic N) is 2. The smallest absolute Gasteiger partial charge is 0.00976 e. The molecule has 7 heteroatoms. The Morgan fingerprint density at radius 1 is 0.489 bits per heavy atom. The summed E-state index contributed by atoms with van der Waals surface area (Å²) < 4.78 is 0. The van der Waals surface area contributed by atoms with Crippen molar-refractivity contribution in [2.45, 2.75) is 49.8 Å². The standard InChI is InChI=1S/C34H36P2.C6H16N2.2ClH.Ru/c1-5-15-27(16-6-1)35(28-17-7-2-8-18-28)33-25-13-23-31(33)32-24-14-26-34(32)36(29-19-9-3-10-20-29)30-21-11-4-12-22-30;1-7(2)5-6-8(3)4;;;/h1-12,15-22,31-34H,13-14,23-26H2;5-6H2,1-4H3;2*1H;/q;;;;+2/p-2/t31-,32-,33-,34-;;;;/m1..../s1. The topological polar surface area (TPSA) is 6.48 Å². The molecule has 2 fully saturated rings. The van der Waals surface area contributed by atoms with Crippen molar-refractivity contribution in [3.63, 3.8) is 0 Å². The summed E-state index contributed by atoms with van der Waals surface area (Å²) in [5.41, 5.74) is 1.58. The molecule has 4 atom stereocenters. The molecule has 0 bridgehead atoms. The Balaban J connectivity index is 0.000000395. The molecule has 2 nitrogen and oxygen atoms in total. The van der Waals surface area contributed by atoms with Crippen molar-refractivity contribution in [3.8, 4) is 0 Å². The van der Waals surface area contributed by atoms with E-state index in [1.165, 1.54) is 38.5 Å². The quantitative estimate of drug-likeness (QED) is 0.117. The molecule has 0 aliphatic heterocycles. The van der Waals surface area contributed by atoms with Crippen molar-refractivity contribution >= 4 is 56.4 Å². The normalized spacial score (nSPS) is 20.7. The van der Waals surface area contributed by atoms with Crippen LogP contribution in [0.1, 0.15) is 38.5 Å². The van der Waals surface area contributed by atoms with E-state index in [4.69, 9.17) is 19.4 Å². The summed E-state index contributed by atoms with van der Waals surface area (Å²) in [5.74, 6) is 1.67. The number of benzene rings is 4. The Labute approximate surface area is 303 Å². The van der Waals surface area contributed by atoms with Gasteiger partial charge in [0.05, 0.1) is 0 Å². The summed E-state index contributed by atoms with van der Waals surface area (Å²) >= 11 is -0.346.